The van der Waals surface area contributed by atoms with E-state index < -0.39 is 17.7 Å². The molecule has 38 heavy (non-hydrogen) atoms. The van der Waals surface area contributed by atoms with Gasteiger partial charge < -0.3 is 19.3 Å². The van der Waals surface area contributed by atoms with E-state index in [0.29, 0.717) is 40.7 Å². The van der Waals surface area contributed by atoms with Crippen LogP contribution in [0.4, 0.5) is 5.69 Å². The highest BCUT2D eigenvalue weighted by atomic mass is 16.5. The Morgan fingerprint density at radius 1 is 0.921 bits per heavy atom. The zero-order valence-electron chi connectivity index (χ0n) is 22.6. The van der Waals surface area contributed by atoms with Gasteiger partial charge in [-0.1, -0.05) is 51.1 Å². The monoisotopic (exact) mass is 515 g/mol. The number of hydrogen-bond donors (Lipinski definition) is 1. The van der Waals surface area contributed by atoms with Crippen molar-refractivity contribution in [1.29, 1.82) is 0 Å². The summed E-state index contributed by atoms with van der Waals surface area (Å²) in [6, 6.07) is 18.8. The lowest BCUT2D eigenvalue weighted by molar-refractivity contribution is -0.132. The highest BCUT2D eigenvalue weighted by molar-refractivity contribution is 6.51. The van der Waals surface area contributed by atoms with E-state index in [9.17, 15) is 14.7 Å². The van der Waals surface area contributed by atoms with Crippen LogP contribution in [0.25, 0.3) is 5.76 Å². The Morgan fingerprint density at radius 2 is 1.61 bits per heavy atom. The predicted octanol–water partition coefficient (Wildman–Crippen LogP) is 6.03. The standard InChI is InChI=1S/C31H33NO6/c1-7-38-23-10-8-9-22(18-23)32-27(19-11-14-21(15-12-19)31(2,3)4)26(29(34)30(32)35)28(33)20-13-16-24(36-5)25(17-20)37-6/h8-18,27,33H,7H2,1-6H3/b28-26+. The van der Waals surface area contributed by atoms with Gasteiger partial charge in [-0.2, -0.15) is 0 Å². The first kappa shape index (κ1) is 26.8. The molecule has 198 valence electrons. The van der Waals surface area contributed by atoms with Crippen molar-refractivity contribution >= 4 is 23.1 Å². The molecule has 1 aliphatic heterocycles. The van der Waals surface area contributed by atoms with Crippen LogP contribution >= 0.6 is 0 Å². The molecule has 1 saturated heterocycles. The molecule has 1 heterocycles. The van der Waals surface area contributed by atoms with E-state index in [2.05, 4.69) is 20.8 Å². The zero-order chi connectivity index (χ0) is 27.6. The Kier molecular flexibility index (Phi) is 7.49. The fourth-order valence-electron chi connectivity index (χ4n) is 4.61. The molecular weight excluding hydrogens is 482 g/mol. The van der Waals surface area contributed by atoms with Gasteiger partial charge in [0.2, 0.25) is 0 Å². The Labute approximate surface area is 223 Å². The maximum absolute atomic E-state index is 13.5. The van der Waals surface area contributed by atoms with Crippen molar-refractivity contribution in [3.05, 3.63) is 89.0 Å². The SMILES string of the molecule is CCOc1cccc(N2C(=O)C(=O)/C(=C(/O)c3ccc(OC)c(OC)c3)C2c2ccc(C(C)(C)C)cc2)c1. The van der Waals surface area contributed by atoms with E-state index in [1.807, 2.05) is 31.2 Å². The average Bonchev–Trinajstić information content (AvgIpc) is 3.17. The Bertz CT molecular complexity index is 1380. The Morgan fingerprint density at radius 3 is 2.21 bits per heavy atom. The summed E-state index contributed by atoms with van der Waals surface area (Å²) in [5, 5.41) is 11.5. The third kappa shape index (κ3) is 4.96. The number of aliphatic hydroxyl groups excluding tert-OH is 1. The first-order chi connectivity index (χ1) is 18.1. The quantitative estimate of drug-likeness (QED) is 0.235. The van der Waals surface area contributed by atoms with E-state index in [1.54, 1.807) is 42.5 Å². The summed E-state index contributed by atoms with van der Waals surface area (Å²) in [4.78, 5) is 28.4. The number of anilines is 1. The number of amides is 1. The summed E-state index contributed by atoms with van der Waals surface area (Å²) >= 11 is 0. The van der Waals surface area contributed by atoms with Crippen molar-refractivity contribution in [2.45, 2.75) is 39.2 Å². The number of ketones is 1. The minimum atomic E-state index is -0.853. The van der Waals surface area contributed by atoms with E-state index >= 15 is 0 Å². The van der Waals surface area contributed by atoms with Gasteiger partial charge in [0.05, 0.1) is 32.4 Å². The molecule has 3 aromatic rings. The topological polar surface area (TPSA) is 85.3 Å². The summed E-state index contributed by atoms with van der Waals surface area (Å²) in [6.45, 7) is 8.68. The van der Waals surface area contributed by atoms with Crippen LogP contribution in [0.2, 0.25) is 0 Å². The first-order valence-corrected chi connectivity index (χ1v) is 12.5. The summed E-state index contributed by atoms with van der Waals surface area (Å²) < 4.78 is 16.3. The largest absolute Gasteiger partial charge is 0.507 e. The van der Waals surface area contributed by atoms with Crippen LogP contribution in [0.1, 0.15) is 50.4 Å². The number of carbonyl (C=O) groups excluding carboxylic acids is 2. The molecule has 0 aromatic heterocycles. The van der Waals surface area contributed by atoms with Crippen molar-refractivity contribution in [2.24, 2.45) is 0 Å². The molecule has 0 radical (unpaired) electrons. The van der Waals surface area contributed by atoms with Crippen molar-refractivity contribution < 1.29 is 28.9 Å². The highest BCUT2D eigenvalue weighted by Crippen LogP contribution is 2.44. The number of hydrogen-bond acceptors (Lipinski definition) is 6. The van der Waals surface area contributed by atoms with Gasteiger partial charge >= 0.3 is 0 Å². The smallest absolute Gasteiger partial charge is 0.300 e. The molecule has 1 unspecified atom stereocenters. The van der Waals surface area contributed by atoms with Crippen molar-refractivity contribution in [2.75, 3.05) is 25.7 Å². The number of rotatable bonds is 7. The number of ether oxygens (including phenoxy) is 3. The highest BCUT2D eigenvalue weighted by Gasteiger charge is 2.47. The number of Topliss-reactive ketones (excluding diaryl/α,β-unsaturated/α-hetero) is 1. The van der Waals surface area contributed by atoms with Gasteiger partial charge in [0.25, 0.3) is 11.7 Å². The molecule has 1 atom stereocenters. The molecule has 7 nitrogen and oxygen atoms in total. The van der Waals surface area contributed by atoms with Crippen LogP contribution in [-0.4, -0.2) is 37.6 Å². The van der Waals surface area contributed by atoms with Gasteiger partial charge in [0.1, 0.15) is 11.5 Å². The second-order valence-corrected chi connectivity index (χ2v) is 10.0. The normalized spacial score (nSPS) is 17.0. The van der Waals surface area contributed by atoms with Crippen LogP contribution in [0.15, 0.2) is 72.3 Å². The lowest BCUT2D eigenvalue weighted by Crippen LogP contribution is -2.29. The molecule has 0 saturated carbocycles. The molecule has 0 aliphatic carbocycles. The van der Waals surface area contributed by atoms with Gasteiger partial charge in [-0.15, -0.1) is 0 Å². The third-order valence-electron chi connectivity index (χ3n) is 6.60. The first-order valence-electron chi connectivity index (χ1n) is 12.5. The van der Waals surface area contributed by atoms with Crippen molar-refractivity contribution in [3.8, 4) is 17.2 Å². The number of nitrogens with zero attached hydrogens (tertiary/aromatic N) is 1. The maximum atomic E-state index is 13.5. The van der Waals surface area contributed by atoms with Crippen molar-refractivity contribution in [1.82, 2.24) is 0 Å². The molecule has 4 rings (SSSR count). The van der Waals surface area contributed by atoms with Crippen LogP contribution in [0, 0.1) is 0 Å². The molecule has 7 heteroatoms. The van der Waals surface area contributed by atoms with Crippen LogP contribution in [-0.2, 0) is 15.0 Å². The second-order valence-electron chi connectivity index (χ2n) is 10.0. The van der Waals surface area contributed by atoms with Crippen LogP contribution in [0.5, 0.6) is 17.2 Å². The third-order valence-corrected chi connectivity index (χ3v) is 6.60. The summed E-state index contributed by atoms with van der Waals surface area (Å²) in [7, 11) is 3.00. The average molecular weight is 516 g/mol. The molecule has 0 bridgehead atoms. The number of methoxy groups -OCH3 is 2. The maximum Gasteiger partial charge on any atom is 0.300 e. The fraction of sp³-hybridized carbons (Fsp3) is 0.290. The lowest BCUT2D eigenvalue weighted by Gasteiger charge is -2.27. The van der Waals surface area contributed by atoms with Gasteiger partial charge in [0, 0.05) is 17.3 Å². The van der Waals surface area contributed by atoms with Crippen LogP contribution < -0.4 is 19.1 Å². The summed E-state index contributed by atoms with van der Waals surface area (Å²) in [5.41, 5.74) is 2.55. The zero-order valence-corrected chi connectivity index (χ0v) is 22.6. The summed E-state index contributed by atoms with van der Waals surface area (Å²) in [6.07, 6.45) is 0. The molecule has 3 aromatic carbocycles. The molecule has 1 aliphatic rings. The van der Waals surface area contributed by atoms with Crippen molar-refractivity contribution in [3.63, 3.8) is 0 Å². The molecule has 0 spiro atoms. The second kappa shape index (κ2) is 10.6. The van der Waals surface area contributed by atoms with Gasteiger partial charge in [-0.3, -0.25) is 14.5 Å². The summed E-state index contributed by atoms with van der Waals surface area (Å²) in [5.74, 6) is -0.353. The van der Waals surface area contributed by atoms with E-state index in [1.165, 1.54) is 19.1 Å². The molecule has 1 amide bonds. The van der Waals surface area contributed by atoms with Gasteiger partial charge in [-0.05, 0) is 53.8 Å². The minimum absolute atomic E-state index is 0.00691. The molecular formula is C31H33NO6. The van der Waals surface area contributed by atoms with Crippen LogP contribution in [0.3, 0.4) is 0 Å². The predicted molar refractivity (Wildman–Crippen MR) is 147 cm³/mol. The van der Waals surface area contributed by atoms with E-state index in [4.69, 9.17) is 14.2 Å². The van der Waals surface area contributed by atoms with Gasteiger partial charge in [0.15, 0.2) is 11.5 Å². The molecule has 1 fully saturated rings. The number of benzene rings is 3. The number of carbonyl (C=O) groups is 2. The van der Waals surface area contributed by atoms with E-state index in [-0.39, 0.29) is 16.7 Å². The minimum Gasteiger partial charge on any atom is -0.507 e. The fourth-order valence-corrected chi connectivity index (χ4v) is 4.61. The van der Waals surface area contributed by atoms with Gasteiger partial charge in [-0.25, -0.2) is 0 Å². The Balaban J connectivity index is 1.93. The number of aliphatic hydroxyl groups is 1. The van der Waals surface area contributed by atoms with E-state index in [0.717, 1.165) is 5.56 Å². The molecule has 1 N–H and O–H groups in total. The Hall–Kier alpha value is -4.26. The lowest BCUT2D eigenvalue weighted by atomic mass is 9.85.